The lowest BCUT2D eigenvalue weighted by molar-refractivity contribution is 0.0455. The number of benzene rings is 2. The molecule has 148 valence electrons. The van der Waals surface area contributed by atoms with Gasteiger partial charge in [-0.1, -0.05) is 26.0 Å². The van der Waals surface area contributed by atoms with Crippen molar-refractivity contribution in [3.8, 4) is 5.75 Å². The molecule has 0 radical (unpaired) electrons. The first-order valence-electron chi connectivity index (χ1n) is 8.92. The zero-order chi connectivity index (χ0) is 20.5. The summed E-state index contributed by atoms with van der Waals surface area (Å²) in [6, 6.07) is 12.5. The Bertz CT molecular complexity index is 829. The highest BCUT2D eigenvalue weighted by molar-refractivity contribution is 5.95. The summed E-state index contributed by atoms with van der Waals surface area (Å²) in [6.07, 6.45) is -0.770. The molecular weight excluding hydrogens is 362 g/mol. The van der Waals surface area contributed by atoms with Crippen molar-refractivity contribution < 1.29 is 28.6 Å². The van der Waals surface area contributed by atoms with Crippen LogP contribution in [0.5, 0.6) is 5.75 Å². The summed E-state index contributed by atoms with van der Waals surface area (Å²) < 4.78 is 15.3. The van der Waals surface area contributed by atoms with Crippen LogP contribution in [-0.2, 0) is 9.47 Å². The van der Waals surface area contributed by atoms with E-state index in [1.54, 1.807) is 31.2 Å². The molecule has 7 nitrogen and oxygen atoms in total. The second kappa shape index (κ2) is 10.1. The van der Waals surface area contributed by atoms with Gasteiger partial charge in [0, 0.05) is 5.69 Å². The van der Waals surface area contributed by atoms with Gasteiger partial charge >= 0.3 is 18.0 Å². The number of carbonyl (C=O) groups excluding carboxylic acids is 3. The quantitative estimate of drug-likeness (QED) is 0.715. The van der Waals surface area contributed by atoms with Crippen LogP contribution in [0.2, 0.25) is 0 Å². The summed E-state index contributed by atoms with van der Waals surface area (Å²) in [5.41, 5.74) is 0.966. The molecule has 0 saturated carbocycles. The van der Waals surface area contributed by atoms with Gasteiger partial charge in [0.15, 0.2) is 0 Å². The maximum absolute atomic E-state index is 12.2. The van der Waals surface area contributed by atoms with Crippen molar-refractivity contribution in [2.24, 2.45) is 5.92 Å². The molecule has 1 amide bonds. The highest BCUT2D eigenvalue weighted by Crippen LogP contribution is 2.20. The predicted molar refractivity (Wildman–Crippen MR) is 104 cm³/mol. The van der Waals surface area contributed by atoms with E-state index in [1.165, 1.54) is 24.3 Å². The Hall–Kier alpha value is -3.35. The van der Waals surface area contributed by atoms with Crippen LogP contribution in [0, 0.1) is 5.92 Å². The monoisotopic (exact) mass is 385 g/mol. The first-order valence-corrected chi connectivity index (χ1v) is 8.92. The van der Waals surface area contributed by atoms with E-state index < -0.39 is 18.0 Å². The minimum atomic E-state index is -0.770. The zero-order valence-corrected chi connectivity index (χ0v) is 16.1. The Morgan fingerprint density at radius 1 is 0.929 bits per heavy atom. The van der Waals surface area contributed by atoms with Crippen molar-refractivity contribution in [3.05, 3.63) is 59.7 Å². The third-order valence-corrected chi connectivity index (χ3v) is 3.50. The maximum atomic E-state index is 12.2. The van der Waals surface area contributed by atoms with E-state index in [4.69, 9.17) is 14.2 Å². The van der Waals surface area contributed by atoms with E-state index in [0.717, 1.165) is 0 Å². The highest BCUT2D eigenvalue weighted by Gasteiger charge is 2.17. The molecule has 0 fully saturated rings. The topological polar surface area (TPSA) is 90.9 Å². The van der Waals surface area contributed by atoms with Crippen LogP contribution < -0.4 is 10.1 Å². The van der Waals surface area contributed by atoms with Crippen LogP contribution in [-0.4, -0.2) is 31.2 Å². The lowest BCUT2D eigenvalue weighted by atomic mass is 10.2. The average molecular weight is 385 g/mol. The molecule has 0 spiro atoms. The number of nitrogens with one attached hydrogen (secondary N) is 1. The minimum Gasteiger partial charge on any atom is -0.462 e. The minimum absolute atomic E-state index is 0.0944. The molecule has 0 bridgehead atoms. The van der Waals surface area contributed by atoms with Gasteiger partial charge in [-0.2, -0.15) is 0 Å². The molecule has 0 aliphatic carbocycles. The third kappa shape index (κ3) is 6.12. The van der Waals surface area contributed by atoms with Gasteiger partial charge in [-0.05, 0) is 49.2 Å². The van der Waals surface area contributed by atoms with Crippen LogP contribution in [0.25, 0.3) is 0 Å². The summed E-state index contributed by atoms with van der Waals surface area (Å²) in [7, 11) is 0. The second-order valence-electron chi connectivity index (χ2n) is 6.30. The summed E-state index contributed by atoms with van der Waals surface area (Å²) in [5, 5.41) is 2.54. The summed E-state index contributed by atoms with van der Waals surface area (Å²) in [4.78, 5) is 36.0. The lowest BCUT2D eigenvalue weighted by Crippen LogP contribution is -2.19. The molecule has 0 aliphatic rings. The molecule has 0 aliphatic heterocycles. The van der Waals surface area contributed by atoms with E-state index in [0.29, 0.717) is 11.3 Å². The fraction of sp³-hybridized carbons (Fsp3) is 0.286. The molecule has 1 N–H and O–H groups in total. The molecule has 2 aromatic rings. The molecule has 7 heteroatoms. The number of para-hydroxylation sites is 1. The number of ether oxygens (including phenoxy) is 3. The zero-order valence-electron chi connectivity index (χ0n) is 16.1. The number of amides is 1. The number of anilines is 1. The molecule has 2 rings (SSSR count). The van der Waals surface area contributed by atoms with Gasteiger partial charge in [0.2, 0.25) is 0 Å². The molecule has 2 aromatic carbocycles. The number of esters is 2. The van der Waals surface area contributed by atoms with Crippen molar-refractivity contribution in [1.29, 1.82) is 0 Å². The van der Waals surface area contributed by atoms with Gasteiger partial charge in [-0.15, -0.1) is 0 Å². The van der Waals surface area contributed by atoms with Crippen LogP contribution in [0.4, 0.5) is 10.5 Å². The Morgan fingerprint density at radius 3 is 2.25 bits per heavy atom. The van der Waals surface area contributed by atoms with E-state index in [9.17, 15) is 14.4 Å². The molecular formula is C21H23NO6. The normalized spacial score (nSPS) is 10.3. The van der Waals surface area contributed by atoms with Crippen molar-refractivity contribution in [2.45, 2.75) is 20.8 Å². The lowest BCUT2D eigenvalue weighted by Gasteiger charge is -2.12. The van der Waals surface area contributed by atoms with Gasteiger partial charge in [0.1, 0.15) is 11.3 Å². The van der Waals surface area contributed by atoms with Crippen molar-refractivity contribution in [3.63, 3.8) is 0 Å². The van der Waals surface area contributed by atoms with E-state index in [-0.39, 0.29) is 30.4 Å². The Kier molecular flexibility index (Phi) is 7.56. The van der Waals surface area contributed by atoms with Crippen molar-refractivity contribution in [2.75, 3.05) is 18.5 Å². The standard InChI is InChI=1S/C21H23NO6/c1-4-26-19(23)15-9-11-16(12-10-15)22-21(25)28-18-8-6-5-7-17(18)20(24)27-13-14(2)3/h5-12,14H,4,13H2,1-3H3,(H,22,25). The Morgan fingerprint density at radius 2 is 1.61 bits per heavy atom. The SMILES string of the molecule is CCOC(=O)c1ccc(NC(=O)Oc2ccccc2C(=O)OCC(C)C)cc1. The van der Waals surface area contributed by atoms with E-state index >= 15 is 0 Å². The van der Waals surface area contributed by atoms with Crippen LogP contribution in [0.15, 0.2) is 48.5 Å². The fourth-order valence-corrected chi connectivity index (χ4v) is 2.19. The second-order valence-corrected chi connectivity index (χ2v) is 6.30. The van der Waals surface area contributed by atoms with Crippen molar-refractivity contribution in [1.82, 2.24) is 0 Å². The Balaban J connectivity index is 2.01. The van der Waals surface area contributed by atoms with Crippen molar-refractivity contribution >= 4 is 23.7 Å². The number of rotatable bonds is 7. The molecule has 0 atom stereocenters. The number of carbonyl (C=O) groups is 3. The average Bonchev–Trinajstić information content (AvgIpc) is 2.67. The first kappa shape index (κ1) is 21.0. The molecule has 0 unspecified atom stereocenters. The van der Waals surface area contributed by atoms with E-state index in [1.807, 2.05) is 13.8 Å². The predicted octanol–water partition coefficient (Wildman–Crippen LogP) is 4.29. The highest BCUT2D eigenvalue weighted by atomic mass is 16.6. The van der Waals surface area contributed by atoms with Gasteiger partial charge in [0.25, 0.3) is 0 Å². The third-order valence-electron chi connectivity index (χ3n) is 3.50. The fourth-order valence-electron chi connectivity index (χ4n) is 2.19. The first-order chi connectivity index (χ1) is 13.4. The maximum Gasteiger partial charge on any atom is 0.417 e. The number of hydrogen-bond acceptors (Lipinski definition) is 6. The summed E-state index contributed by atoms with van der Waals surface area (Å²) in [6.45, 7) is 6.13. The summed E-state index contributed by atoms with van der Waals surface area (Å²) in [5.74, 6) is -0.712. The number of hydrogen-bond donors (Lipinski definition) is 1. The molecule has 0 saturated heterocycles. The van der Waals surface area contributed by atoms with Gasteiger partial charge in [-0.3, -0.25) is 5.32 Å². The van der Waals surface area contributed by atoms with Gasteiger partial charge < -0.3 is 14.2 Å². The largest absolute Gasteiger partial charge is 0.462 e. The van der Waals surface area contributed by atoms with Crippen LogP contribution in [0.1, 0.15) is 41.5 Å². The van der Waals surface area contributed by atoms with Crippen LogP contribution >= 0.6 is 0 Å². The molecule has 28 heavy (non-hydrogen) atoms. The molecule has 0 heterocycles. The van der Waals surface area contributed by atoms with Gasteiger partial charge in [-0.25, -0.2) is 14.4 Å². The van der Waals surface area contributed by atoms with E-state index in [2.05, 4.69) is 5.32 Å². The van der Waals surface area contributed by atoms with Gasteiger partial charge in [0.05, 0.1) is 18.8 Å². The van der Waals surface area contributed by atoms with Crippen LogP contribution in [0.3, 0.4) is 0 Å². The molecule has 0 aromatic heterocycles. The Labute approximate surface area is 163 Å². The smallest absolute Gasteiger partial charge is 0.417 e. The summed E-state index contributed by atoms with van der Waals surface area (Å²) >= 11 is 0.